The fraction of sp³-hybridized carbons (Fsp3) is 0.667. The molecule has 0 aliphatic carbocycles. The third kappa shape index (κ3) is 3.89. The molecule has 1 saturated heterocycles. The Labute approximate surface area is 123 Å². The van der Waals surface area contributed by atoms with Gasteiger partial charge in [0.25, 0.3) is 5.91 Å². The lowest BCUT2D eigenvalue weighted by Crippen LogP contribution is -2.43. The maximum atomic E-state index is 12.1. The molecule has 2 rings (SSSR count). The average Bonchev–Trinajstić information content (AvgIpc) is 2.96. The number of halogens is 1. The van der Waals surface area contributed by atoms with Gasteiger partial charge in [-0.3, -0.25) is 4.79 Å². The highest BCUT2D eigenvalue weighted by Crippen LogP contribution is 2.21. The summed E-state index contributed by atoms with van der Waals surface area (Å²) in [5, 5.41) is 7.19. The van der Waals surface area contributed by atoms with Gasteiger partial charge < -0.3 is 15.4 Å². The lowest BCUT2D eigenvalue weighted by molar-refractivity contribution is 0.0782. The van der Waals surface area contributed by atoms with Crippen LogP contribution in [0.25, 0.3) is 0 Å². The zero-order chi connectivity index (χ0) is 13.1. The molecule has 1 aromatic rings. The third-order valence-electron chi connectivity index (χ3n) is 3.02. The summed E-state index contributed by atoms with van der Waals surface area (Å²) in [5.74, 6) is 0.298. The summed E-state index contributed by atoms with van der Waals surface area (Å²) < 4.78 is 5.31. The summed E-state index contributed by atoms with van der Waals surface area (Å²) in [6.45, 7) is 5.67. The minimum absolute atomic E-state index is 0. The van der Waals surface area contributed by atoms with Crippen LogP contribution < -0.4 is 10.6 Å². The molecule has 1 aliphatic heterocycles. The van der Waals surface area contributed by atoms with Gasteiger partial charge in [0, 0.05) is 26.1 Å². The van der Waals surface area contributed by atoms with E-state index in [1.165, 1.54) is 11.3 Å². The van der Waals surface area contributed by atoms with Crippen LogP contribution in [0.3, 0.4) is 0 Å². The Morgan fingerprint density at radius 2 is 2.32 bits per heavy atom. The molecule has 1 amide bonds. The highest BCUT2D eigenvalue weighted by Gasteiger charge is 2.28. The van der Waals surface area contributed by atoms with E-state index in [2.05, 4.69) is 29.5 Å². The average molecular weight is 306 g/mol. The molecule has 2 atom stereocenters. The number of carbonyl (C=O) groups is 1. The van der Waals surface area contributed by atoms with Gasteiger partial charge in [0.15, 0.2) is 0 Å². The number of hydrogen-bond acceptors (Lipinski definition) is 5. The second-order valence-electron chi connectivity index (χ2n) is 4.73. The second-order valence-corrected chi connectivity index (χ2v) is 5.79. The standard InChI is InChI=1S/C12H19N3O2S.ClH/c1-7(2)12-14-6-10(18-12)11(16)15-8-4-13-5-9(8)17-3;/h6-9,13H,4-5H2,1-3H3,(H,15,16);1H/t8?,9-;/m0./s1. The predicted octanol–water partition coefficient (Wildman–Crippen LogP) is 1.40. The van der Waals surface area contributed by atoms with Crippen molar-refractivity contribution in [2.45, 2.75) is 31.9 Å². The van der Waals surface area contributed by atoms with Crippen LogP contribution in [0, 0.1) is 0 Å². The fourth-order valence-corrected chi connectivity index (χ4v) is 2.77. The molecular formula is C12H20ClN3O2S. The lowest BCUT2D eigenvalue weighted by Gasteiger charge is -2.17. The maximum absolute atomic E-state index is 12.1. The highest BCUT2D eigenvalue weighted by molar-refractivity contribution is 7.13. The number of nitrogens with one attached hydrogen (secondary N) is 2. The number of carbonyl (C=O) groups excluding carboxylic acids is 1. The van der Waals surface area contributed by atoms with Gasteiger partial charge in [-0.2, -0.15) is 0 Å². The quantitative estimate of drug-likeness (QED) is 0.883. The molecule has 0 aromatic carbocycles. The molecule has 2 heterocycles. The molecule has 108 valence electrons. The fourth-order valence-electron chi connectivity index (χ4n) is 1.95. The predicted molar refractivity (Wildman–Crippen MR) is 78.4 cm³/mol. The van der Waals surface area contributed by atoms with Crippen LogP contribution in [0.15, 0.2) is 6.20 Å². The van der Waals surface area contributed by atoms with E-state index >= 15 is 0 Å². The monoisotopic (exact) mass is 305 g/mol. The molecule has 0 spiro atoms. The van der Waals surface area contributed by atoms with E-state index in [-0.39, 0.29) is 30.5 Å². The van der Waals surface area contributed by atoms with Crippen molar-refractivity contribution in [1.82, 2.24) is 15.6 Å². The topological polar surface area (TPSA) is 63.2 Å². The summed E-state index contributed by atoms with van der Waals surface area (Å²) in [4.78, 5) is 17.0. The Morgan fingerprint density at radius 3 is 2.89 bits per heavy atom. The Hall–Kier alpha value is -0.690. The van der Waals surface area contributed by atoms with Gasteiger partial charge in [-0.1, -0.05) is 13.8 Å². The van der Waals surface area contributed by atoms with Gasteiger partial charge in [0.05, 0.1) is 23.4 Å². The molecular weight excluding hydrogens is 286 g/mol. The molecule has 1 aliphatic rings. The molecule has 7 heteroatoms. The minimum Gasteiger partial charge on any atom is -0.378 e. The second kappa shape index (κ2) is 7.19. The zero-order valence-electron chi connectivity index (χ0n) is 11.3. The maximum Gasteiger partial charge on any atom is 0.263 e. The first kappa shape index (κ1) is 16.4. The van der Waals surface area contributed by atoms with Gasteiger partial charge in [0.2, 0.25) is 0 Å². The largest absolute Gasteiger partial charge is 0.378 e. The van der Waals surface area contributed by atoms with Crippen LogP contribution in [0.4, 0.5) is 0 Å². The van der Waals surface area contributed by atoms with E-state index in [0.717, 1.165) is 18.1 Å². The van der Waals surface area contributed by atoms with Gasteiger partial charge in [0.1, 0.15) is 4.88 Å². The van der Waals surface area contributed by atoms with Crippen LogP contribution in [0.5, 0.6) is 0 Å². The van der Waals surface area contributed by atoms with Crippen molar-refractivity contribution in [2.24, 2.45) is 0 Å². The number of rotatable bonds is 4. The van der Waals surface area contributed by atoms with Crippen LogP contribution in [0.2, 0.25) is 0 Å². The first-order chi connectivity index (χ1) is 8.61. The minimum atomic E-state index is -0.0600. The molecule has 2 N–H and O–H groups in total. The van der Waals surface area contributed by atoms with Gasteiger partial charge in [-0.05, 0) is 0 Å². The third-order valence-corrected chi connectivity index (χ3v) is 4.32. The molecule has 1 aromatic heterocycles. The van der Waals surface area contributed by atoms with Crippen molar-refractivity contribution in [3.63, 3.8) is 0 Å². The van der Waals surface area contributed by atoms with E-state index in [1.54, 1.807) is 13.3 Å². The number of amides is 1. The van der Waals surface area contributed by atoms with E-state index in [9.17, 15) is 4.79 Å². The summed E-state index contributed by atoms with van der Waals surface area (Å²) in [7, 11) is 1.67. The first-order valence-electron chi connectivity index (χ1n) is 6.12. The van der Waals surface area contributed by atoms with E-state index in [0.29, 0.717) is 10.8 Å². The first-order valence-corrected chi connectivity index (χ1v) is 6.93. The van der Waals surface area contributed by atoms with Crippen molar-refractivity contribution < 1.29 is 9.53 Å². The SMILES string of the molecule is CO[C@H]1CNCC1NC(=O)c1cnc(C(C)C)s1.Cl. The summed E-state index contributed by atoms with van der Waals surface area (Å²) in [6.07, 6.45) is 1.70. The van der Waals surface area contributed by atoms with E-state index in [4.69, 9.17) is 4.74 Å². The molecule has 0 bridgehead atoms. The van der Waals surface area contributed by atoms with E-state index in [1.807, 2.05) is 0 Å². The van der Waals surface area contributed by atoms with Crippen LogP contribution >= 0.6 is 23.7 Å². The Balaban J connectivity index is 0.00000180. The molecule has 0 radical (unpaired) electrons. The Morgan fingerprint density at radius 1 is 1.58 bits per heavy atom. The number of hydrogen-bond donors (Lipinski definition) is 2. The molecule has 5 nitrogen and oxygen atoms in total. The normalized spacial score (nSPS) is 22.3. The smallest absolute Gasteiger partial charge is 0.263 e. The molecule has 19 heavy (non-hydrogen) atoms. The van der Waals surface area contributed by atoms with Crippen LogP contribution in [-0.2, 0) is 4.74 Å². The zero-order valence-corrected chi connectivity index (χ0v) is 12.9. The van der Waals surface area contributed by atoms with Crippen molar-refractivity contribution in [2.75, 3.05) is 20.2 Å². The summed E-state index contributed by atoms with van der Waals surface area (Å²) >= 11 is 1.46. The summed E-state index contributed by atoms with van der Waals surface area (Å²) in [6, 6.07) is 0.0344. The number of ether oxygens (including phenoxy) is 1. The van der Waals surface area contributed by atoms with E-state index < -0.39 is 0 Å². The van der Waals surface area contributed by atoms with Gasteiger partial charge in [-0.15, -0.1) is 23.7 Å². The van der Waals surface area contributed by atoms with Gasteiger partial charge in [-0.25, -0.2) is 4.98 Å². The van der Waals surface area contributed by atoms with Crippen LogP contribution in [-0.4, -0.2) is 43.2 Å². The Bertz CT molecular complexity index is 425. The van der Waals surface area contributed by atoms with Crippen molar-refractivity contribution in [3.05, 3.63) is 16.1 Å². The number of aromatic nitrogens is 1. The van der Waals surface area contributed by atoms with Gasteiger partial charge >= 0.3 is 0 Å². The molecule has 1 unspecified atom stereocenters. The summed E-state index contributed by atoms with van der Waals surface area (Å²) in [5.41, 5.74) is 0. The van der Waals surface area contributed by atoms with Crippen molar-refractivity contribution in [1.29, 1.82) is 0 Å². The molecule has 0 saturated carbocycles. The number of thiazole rings is 1. The van der Waals surface area contributed by atoms with Crippen molar-refractivity contribution >= 4 is 29.7 Å². The Kier molecular flexibility index (Phi) is 6.19. The highest BCUT2D eigenvalue weighted by atomic mass is 35.5. The molecule has 1 fully saturated rings. The van der Waals surface area contributed by atoms with Crippen molar-refractivity contribution in [3.8, 4) is 0 Å². The lowest BCUT2D eigenvalue weighted by atomic mass is 10.2. The number of methoxy groups -OCH3 is 1. The van der Waals surface area contributed by atoms with Crippen LogP contribution in [0.1, 0.15) is 34.4 Å². The number of nitrogens with zero attached hydrogens (tertiary/aromatic N) is 1.